The first-order chi connectivity index (χ1) is 11.4. The summed E-state index contributed by atoms with van der Waals surface area (Å²) in [7, 11) is 0. The van der Waals surface area contributed by atoms with Crippen LogP contribution in [0.3, 0.4) is 0 Å². The van der Waals surface area contributed by atoms with E-state index in [2.05, 4.69) is 15.9 Å². The lowest BCUT2D eigenvalue weighted by Crippen LogP contribution is -2.66. The maximum absolute atomic E-state index is 13.6. The minimum Gasteiger partial charge on any atom is -0.388 e. The molecule has 0 fully saturated rings. The second-order valence-corrected chi connectivity index (χ2v) is 6.02. The molecule has 0 heterocycles. The van der Waals surface area contributed by atoms with Crippen LogP contribution in [0.5, 0.6) is 0 Å². The Balaban J connectivity index is 3.26. The Bertz CT molecular complexity index is 641. The Hall–Kier alpha value is -1.11. The van der Waals surface area contributed by atoms with Crippen molar-refractivity contribution in [3.05, 3.63) is 34.3 Å². The highest BCUT2D eigenvalue weighted by Gasteiger charge is 2.87. The third kappa shape index (κ3) is 3.64. The van der Waals surface area contributed by atoms with E-state index in [1.165, 1.54) is 6.07 Å². The lowest BCUT2D eigenvalue weighted by molar-refractivity contribution is -0.423. The van der Waals surface area contributed by atoms with Crippen LogP contribution in [-0.2, 0) is 0 Å². The van der Waals surface area contributed by atoms with E-state index in [-0.39, 0.29) is 4.47 Å². The van der Waals surface area contributed by atoms with Crippen molar-refractivity contribution < 1.29 is 53.4 Å². The second kappa shape index (κ2) is 6.80. The third-order valence-corrected chi connectivity index (χ3v) is 4.04. The van der Waals surface area contributed by atoms with Crippen molar-refractivity contribution in [1.29, 1.82) is 0 Å². The van der Waals surface area contributed by atoms with E-state index in [1.807, 2.05) is 0 Å². The zero-order valence-electron chi connectivity index (χ0n) is 12.1. The Labute approximate surface area is 146 Å². The molecule has 0 saturated carbocycles. The highest BCUT2D eigenvalue weighted by Crippen LogP contribution is 2.58. The van der Waals surface area contributed by atoms with Gasteiger partial charge < -0.3 is 5.11 Å². The highest BCUT2D eigenvalue weighted by molar-refractivity contribution is 9.10. The van der Waals surface area contributed by atoms with Crippen molar-refractivity contribution in [2.75, 3.05) is 0 Å². The topological polar surface area (TPSA) is 20.2 Å². The standard InChI is InChI=1S/C13H8BrF11O/c14-7-4-2-1-3-6(7)8(26)5-9(15,16)10(17,18)11(19,20)12(21,22)13(23,24)25/h1-4,8,26H,5H2. The van der Waals surface area contributed by atoms with Crippen molar-refractivity contribution in [1.82, 2.24) is 0 Å². The Morgan fingerprint density at radius 2 is 1.23 bits per heavy atom. The zero-order chi connectivity index (χ0) is 20.8. The summed E-state index contributed by atoms with van der Waals surface area (Å²) in [6.07, 6.45) is -12.3. The molecule has 0 aromatic heterocycles. The minimum absolute atomic E-state index is 0.112. The molecule has 1 aromatic carbocycles. The van der Waals surface area contributed by atoms with Crippen LogP contribution in [0.2, 0.25) is 0 Å². The van der Waals surface area contributed by atoms with Crippen molar-refractivity contribution >= 4 is 15.9 Å². The van der Waals surface area contributed by atoms with Gasteiger partial charge in [-0.1, -0.05) is 34.1 Å². The first-order valence-corrected chi connectivity index (χ1v) is 7.20. The molecule has 0 radical (unpaired) electrons. The van der Waals surface area contributed by atoms with E-state index >= 15 is 0 Å². The number of alkyl halides is 11. The fourth-order valence-electron chi connectivity index (χ4n) is 1.83. The van der Waals surface area contributed by atoms with Crippen molar-refractivity contribution in [2.24, 2.45) is 0 Å². The lowest BCUT2D eigenvalue weighted by atomic mass is 9.92. The van der Waals surface area contributed by atoms with Gasteiger partial charge >= 0.3 is 29.9 Å². The predicted molar refractivity (Wildman–Crippen MR) is 69.6 cm³/mol. The summed E-state index contributed by atoms with van der Waals surface area (Å²) in [5, 5.41) is 9.53. The van der Waals surface area contributed by atoms with Gasteiger partial charge in [0.05, 0.1) is 6.10 Å². The van der Waals surface area contributed by atoms with E-state index in [9.17, 15) is 53.4 Å². The summed E-state index contributed by atoms with van der Waals surface area (Å²) in [5.41, 5.74) is -0.492. The summed E-state index contributed by atoms with van der Waals surface area (Å²) >= 11 is 2.74. The van der Waals surface area contributed by atoms with Gasteiger partial charge in [0.2, 0.25) is 0 Å². The van der Waals surface area contributed by atoms with E-state index in [0.29, 0.717) is 0 Å². The molecule has 0 aliphatic rings. The molecule has 0 aliphatic heterocycles. The van der Waals surface area contributed by atoms with Crippen LogP contribution < -0.4 is 0 Å². The molecular formula is C13H8BrF11O. The van der Waals surface area contributed by atoms with E-state index in [1.54, 1.807) is 0 Å². The predicted octanol–water partition coefficient (Wildman–Crippen LogP) is 5.98. The van der Waals surface area contributed by atoms with Crippen molar-refractivity contribution in [3.63, 3.8) is 0 Å². The molecule has 0 spiro atoms. The summed E-state index contributed by atoms with van der Waals surface area (Å²) in [4.78, 5) is 0. The number of hydrogen-bond acceptors (Lipinski definition) is 1. The van der Waals surface area contributed by atoms with E-state index in [0.717, 1.165) is 18.2 Å². The quantitative estimate of drug-likeness (QED) is 0.509. The van der Waals surface area contributed by atoms with Gasteiger partial charge in [0.25, 0.3) is 0 Å². The van der Waals surface area contributed by atoms with E-state index < -0.39 is 48.0 Å². The second-order valence-electron chi connectivity index (χ2n) is 5.17. The Kier molecular flexibility index (Phi) is 6.00. The van der Waals surface area contributed by atoms with Crippen molar-refractivity contribution in [3.8, 4) is 0 Å². The smallest absolute Gasteiger partial charge is 0.388 e. The van der Waals surface area contributed by atoms with Crippen LogP contribution in [0.15, 0.2) is 28.7 Å². The maximum Gasteiger partial charge on any atom is 0.460 e. The number of hydrogen-bond donors (Lipinski definition) is 1. The fraction of sp³-hybridized carbons (Fsp3) is 0.538. The van der Waals surface area contributed by atoms with Gasteiger partial charge in [-0.25, -0.2) is 0 Å². The van der Waals surface area contributed by atoms with Gasteiger partial charge in [-0.05, 0) is 11.6 Å². The molecule has 0 aliphatic carbocycles. The van der Waals surface area contributed by atoms with Gasteiger partial charge in [-0.2, -0.15) is 48.3 Å². The normalized spacial score (nSPS) is 15.9. The molecule has 1 aromatic rings. The average molecular weight is 469 g/mol. The van der Waals surface area contributed by atoms with Crippen LogP contribution >= 0.6 is 15.9 Å². The summed E-state index contributed by atoms with van der Waals surface area (Å²) in [6, 6.07) is 4.53. The van der Waals surface area contributed by atoms with E-state index in [4.69, 9.17) is 0 Å². The van der Waals surface area contributed by atoms with Crippen LogP contribution in [-0.4, -0.2) is 35.0 Å². The van der Waals surface area contributed by atoms with Crippen LogP contribution in [0.25, 0.3) is 0 Å². The first-order valence-electron chi connectivity index (χ1n) is 6.40. The number of benzene rings is 1. The number of halogens is 12. The van der Waals surface area contributed by atoms with Crippen molar-refractivity contribution in [2.45, 2.75) is 42.4 Å². The molecule has 0 saturated heterocycles. The third-order valence-electron chi connectivity index (χ3n) is 3.32. The molecule has 1 atom stereocenters. The minimum atomic E-state index is -7.48. The summed E-state index contributed by atoms with van der Waals surface area (Å²) in [5.74, 6) is -28.2. The van der Waals surface area contributed by atoms with Gasteiger partial charge in [0, 0.05) is 10.9 Å². The summed E-state index contributed by atoms with van der Waals surface area (Å²) < 4.78 is 141. The molecule has 0 amide bonds. The maximum atomic E-state index is 13.6. The van der Waals surface area contributed by atoms with Gasteiger partial charge in [-0.3, -0.25) is 0 Å². The Morgan fingerprint density at radius 1 is 0.769 bits per heavy atom. The average Bonchev–Trinajstić information content (AvgIpc) is 2.45. The Morgan fingerprint density at radius 3 is 1.65 bits per heavy atom. The molecule has 26 heavy (non-hydrogen) atoms. The molecule has 1 N–H and O–H groups in total. The SMILES string of the molecule is OC(CC(F)(F)C(F)(F)C(F)(F)C(F)(F)C(F)(F)F)c1ccccc1Br. The monoisotopic (exact) mass is 468 g/mol. The molecule has 1 rings (SSSR count). The molecule has 1 unspecified atom stereocenters. The first kappa shape index (κ1) is 22.9. The zero-order valence-corrected chi connectivity index (χ0v) is 13.7. The molecular weight excluding hydrogens is 461 g/mol. The van der Waals surface area contributed by atoms with Gasteiger partial charge in [0.15, 0.2) is 0 Å². The number of rotatable bonds is 6. The molecule has 0 bridgehead atoms. The number of aliphatic hydroxyl groups is 1. The largest absolute Gasteiger partial charge is 0.460 e. The molecule has 1 nitrogen and oxygen atoms in total. The fourth-order valence-corrected chi connectivity index (χ4v) is 2.38. The molecule has 150 valence electrons. The van der Waals surface area contributed by atoms with Gasteiger partial charge in [-0.15, -0.1) is 0 Å². The van der Waals surface area contributed by atoms with Crippen LogP contribution in [0.4, 0.5) is 48.3 Å². The lowest BCUT2D eigenvalue weighted by Gasteiger charge is -2.37. The van der Waals surface area contributed by atoms with Crippen LogP contribution in [0, 0.1) is 0 Å². The van der Waals surface area contributed by atoms with Crippen LogP contribution in [0.1, 0.15) is 18.1 Å². The van der Waals surface area contributed by atoms with Gasteiger partial charge in [0.1, 0.15) is 0 Å². The highest BCUT2D eigenvalue weighted by atomic mass is 79.9. The molecule has 13 heteroatoms. The number of aliphatic hydroxyl groups excluding tert-OH is 1. The summed E-state index contributed by atoms with van der Waals surface area (Å²) in [6.45, 7) is 0.